The average Bonchev–Trinajstić information content (AvgIpc) is 2.57. The summed E-state index contributed by atoms with van der Waals surface area (Å²) >= 11 is 0. The van der Waals surface area contributed by atoms with Crippen LogP contribution in [-0.2, 0) is 4.74 Å². The zero-order valence-electron chi connectivity index (χ0n) is 14.7. The number of aromatic amines is 1. The third-order valence-corrected chi connectivity index (χ3v) is 4.26. The first-order valence-electron chi connectivity index (χ1n) is 9.18. The van der Waals surface area contributed by atoms with Crippen molar-refractivity contribution in [2.75, 3.05) is 36.1 Å². The molecule has 0 spiro atoms. The standard InChI is InChI=1S/C17H31N5O2/c1-2-3-4-5-6-7-8-9-10-24-12-13-11-19-15-14(20-13)16(23)22-17(18)21-15/h13,20H,2-12H2,1H3,(H4,18,19,21,22,23). The molecule has 0 saturated carbocycles. The molecule has 1 aromatic heterocycles. The lowest BCUT2D eigenvalue weighted by atomic mass is 10.1. The number of ether oxygens (including phenoxy) is 1. The normalized spacial score (nSPS) is 16.3. The Morgan fingerprint density at radius 1 is 1.17 bits per heavy atom. The van der Waals surface area contributed by atoms with Crippen molar-refractivity contribution >= 4 is 17.5 Å². The molecule has 7 heteroatoms. The van der Waals surface area contributed by atoms with Gasteiger partial charge in [0.1, 0.15) is 5.69 Å². The summed E-state index contributed by atoms with van der Waals surface area (Å²) in [5.41, 5.74) is 5.72. The number of fused-ring (bicyclic) bond motifs is 1. The zero-order chi connectivity index (χ0) is 17.2. The summed E-state index contributed by atoms with van der Waals surface area (Å²) in [4.78, 5) is 18.4. The van der Waals surface area contributed by atoms with Crippen LogP contribution < -0.4 is 21.9 Å². The fourth-order valence-electron chi connectivity index (χ4n) is 2.89. The van der Waals surface area contributed by atoms with Gasteiger partial charge in [-0.2, -0.15) is 4.98 Å². The summed E-state index contributed by atoms with van der Waals surface area (Å²) in [5.74, 6) is 0.632. The minimum atomic E-state index is -0.252. The van der Waals surface area contributed by atoms with E-state index in [4.69, 9.17) is 10.5 Å². The molecule has 0 saturated heterocycles. The monoisotopic (exact) mass is 337 g/mol. The number of nitrogens with two attached hydrogens (primary N) is 1. The van der Waals surface area contributed by atoms with E-state index < -0.39 is 0 Å². The van der Waals surface area contributed by atoms with Crippen molar-refractivity contribution in [1.82, 2.24) is 9.97 Å². The van der Waals surface area contributed by atoms with Crippen LogP contribution in [0.2, 0.25) is 0 Å². The third kappa shape index (κ3) is 6.03. The Morgan fingerprint density at radius 3 is 2.62 bits per heavy atom. The molecule has 0 aromatic carbocycles. The second kappa shape index (κ2) is 10.2. The molecule has 0 amide bonds. The summed E-state index contributed by atoms with van der Waals surface area (Å²) in [6.45, 7) is 4.26. The Bertz CT molecular complexity index is 546. The molecule has 1 unspecified atom stereocenters. The van der Waals surface area contributed by atoms with Gasteiger partial charge in [-0.05, 0) is 6.42 Å². The van der Waals surface area contributed by atoms with Gasteiger partial charge in [-0.25, -0.2) is 0 Å². The molecule has 5 N–H and O–H groups in total. The highest BCUT2D eigenvalue weighted by molar-refractivity contribution is 5.67. The van der Waals surface area contributed by atoms with Crippen molar-refractivity contribution in [3.05, 3.63) is 10.4 Å². The lowest BCUT2D eigenvalue weighted by molar-refractivity contribution is 0.122. The van der Waals surface area contributed by atoms with E-state index in [1.54, 1.807) is 0 Å². The summed E-state index contributed by atoms with van der Waals surface area (Å²) in [6.07, 6.45) is 10.4. The van der Waals surface area contributed by atoms with E-state index in [0.29, 0.717) is 24.7 Å². The zero-order valence-corrected chi connectivity index (χ0v) is 14.7. The van der Waals surface area contributed by atoms with E-state index in [2.05, 4.69) is 27.5 Å². The van der Waals surface area contributed by atoms with Crippen molar-refractivity contribution in [3.63, 3.8) is 0 Å². The maximum atomic E-state index is 11.9. The smallest absolute Gasteiger partial charge is 0.277 e. The van der Waals surface area contributed by atoms with Crippen LogP contribution in [0.3, 0.4) is 0 Å². The van der Waals surface area contributed by atoms with Crippen LogP contribution in [-0.4, -0.2) is 35.8 Å². The number of nitrogens with zero attached hydrogens (tertiary/aromatic N) is 1. The van der Waals surface area contributed by atoms with E-state index in [-0.39, 0.29) is 17.5 Å². The van der Waals surface area contributed by atoms with Crippen LogP contribution in [0.1, 0.15) is 58.3 Å². The van der Waals surface area contributed by atoms with Gasteiger partial charge >= 0.3 is 0 Å². The van der Waals surface area contributed by atoms with Gasteiger partial charge in [0.2, 0.25) is 5.95 Å². The van der Waals surface area contributed by atoms with Gasteiger partial charge in [-0.1, -0.05) is 51.9 Å². The Kier molecular flexibility index (Phi) is 7.88. The SMILES string of the molecule is CCCCCCCCCCOCC1CNc2nc(N)[nH]c(=O)c2N1. The molecule has 0 radical (unpaired) electrons. The van der Waals surface area contributed by atoms with Gasteiger partial charge in [0.15, 0.2) is 5.82 Å². The van der Waals surface area contributed by atoms with Gasteiger partial charge in [-0.3, -0.25) is 9.78 Å². The largest absolute Gasteiger partial charge is 0.379 e. The van der Waals surface area contributed by atoms with Crippen LogP contribution in [0, 0.1) is 0 Å². The minimum absolute atomic E-state index is 0.0677. The van der Waals surface area contributed by atoms with E-state index in [9.17, 15) is 4.79 Å². The number of hydrogen-bond acceptors (Lipinski definition) is 6. The fraction of sp³-hybridized carbons (Fsp3) is 0.765. The molecule has 2 rings (SSSR count). The van der Waals surface area contributed by atoms with E-state index >= 15 is 0 Å². The number of hydrogen-bond donors (Lipinski definition) is 4. The highest BCUT2D eigenvalue weighted by atomic mass is 16.5. The van der Waals surface area contributed by atoms with Crippen LogP contribution in [0.15, 0.2) is 4.79 Å². The first kappa shape index (κ1) is 18.6. The Morgan fingerprint density at radius 2 is 1.88 bits per heavy atom. The number of aromatic nitrogens is 2. The van der Waals surface area contributed by atoms with Gasteiger partial charge in [0, 0.05) is 13.2 Å². The predicted molar refractivity (Wildman–Crippen MR) is 98.6 cm³/mol. The Balaban J connectivity index is 1.55. The maximum absolute atomic E-state index is 11.9. The summed E-state index contributed by atoms with van der Waals surface area (Å²) < 4.78 is 5.74. The average molecular weight is 337 g/mol. The van der Waals surface area contributed by atoms with Crippen LogP contribution in [0.25, 0.3) is 0 Å². The molecule has 1 atom stereocenters. The van der Waals surface area contributed by atoms with Crippen molar-refractivity contribution in [1.29, 1.82) is 0 Å². The van der Waals surface area contributed by atoms with Crippen LogP contribution >= 0.6 is 0 Å². The molecular formula is C17H31N5O2. The molecule has 136 valence electrons. The highest BCUT2D eigenvalue weighted by Crippen LogP contribution is 2.19. The highest BCUT2D eigenvalue weighted by Gasteiger charge is 2.21. The molecule has 2 heterocycles. The van der Waals surface area contributed by atoms with Gasteiger partial charge in [0.05, 0.1) is 12.6 Å². The second-order valence-corrected chi connectivity index (χ2v) is 6.45. The maximum Gasteiger partial charge on any atom is 0.277 e. The summed E-state index contributed by atoms with van der Waals surface area (Å²) in [6, 6.07) is 0.0677. The Hall–Kier alpha value is -1.76. The number of nitrogen functional groups attached to an aromatic ring is 1. The lowest BCUT2D eigenvalue weighted by Crippen LogP contribution is -2.40. The molecule has 1 aliphatic heterocycles. The predicted octanol–water partition coefficient (Wildman–Crippen LogP) is 2.72. The van der Waals surface area contributed by atoms with Crippen LogP contribution in [0.5, 0.6) is 0 Å². The summed E-state index contributed by atoms with van der Waals surface area (Å²) in [5, 5.41) is 6.30. The number of nitrogens with one attached hydrogen (secondary N) is 3. The van der Waals surface area contributed by atoms with Crippen molar-refractivity contribution in [2.24, 2.45) is 0 Å². The van der Waals surface area contributed by atoms with Gasteiger partial charge in [-0.15, -0.1) is 0 Å². The molecule has 24 heavy (non-hydrogen) atoms. The van der Waals surface area contributed by atoms with Crippen molar-refractivity contribution < 1.29 is 4.74 Å². The molecule has 1 aliphatic rings. The number of anilines is 3. The molecular weight excluding hydrogens is 306 g/mol. The molecule has 7 nitrogen and oxygen atoms in total. The quantitative estimate of drug-likeness (QED) is 0.463. The van der Waals surface area contributed by atoms with Crippen molar-refractivity contribution in [2.45, 2.75) is 64.3 Å². The topological polar surface area (TPSA) is 105 Å². The lowest BCUT2D eigenvalue weighted by Gasteiger charge is -2.26. The van der Waals surface area contributed by atoms with E-state index in [1.807, 2.05) is 0 Å². The Labute approximate surface area is 143 Å². The fourth-order valence-corrected chi connectivity index (χ4v) is 2.89. The third-order valence-electron chi connectivity index (χ3n) is 4.26. The van der Waals surface area contributed by atoms with Crippen LogP contribution in [0.4, 0.5) is 17.5 Å². The second-order valence-electron chi connectivity index (χ2n) is 6.45. The number of H-pyrrole nitrogens is 1. The molecule has 1 aromatic rings. The molecule has 0 bridgehead atoms. The van der Waals surface area contributed by atoms with Gasteiger partial charge < -0.3 is 21.1 Å². The van der Waals surface area contributed by atoms with E-state index in [0.717, 1.165) is 13.0 Å². The molecule has 0 fully saturated rings. The first-order valence-corrected chi connectivity index (χ1v) is 9.18. The molecule has 0 aliphatic carbocycles. The van der Waals surface area contributed by atoms with E-state index in [1.165, 1.54) is 44.9 Å². The van der Waals surface area contributed by atoms with Gasteiger partial charge in [0.25, 0.3) is 5.56 Å². The van der Waals surface area contributed by atoms with Crippen molar-refractivity contribution in [3.8, 4) is 0 Å². The minimum Gasteiger partial charge on any atom is -0.379 e. The summed E-state index contributed by atoms with van der Waals surface area (Å²) in [7, 11) is 0. The number of rotatable bonds is 11. The number of unbranched alkanes of at least 4 members (excludes halogenated alkanes) is 7. The first-order chi connectivity index (χ1) is 11.7.